The third-order valence-corrected chi connectivity index (χ3v) is 7.05. The van der Waals surface area contributed by atoms with E-state index >= 15 is 0 Å². The largest absolute Gasteiger partial charge is 0.353 e. The predicted molar refractivity (Wildman–Crippen MR) is 129 cm³/mol. The number of aromatic nitrogens is 2. The monoisotopic (exact) mass is 446 g/mol. The molecule has 0 bridgehead atoms. The lowest BCUT2D eigenvalue weighted by Gasteiger charge is -2.38. The third-order valence-electron chi connectivity index (χ3n) is 7.05. The van der Waals surface area contributed by atoms with E-state index in [-0.39, 0.29) is 11.8 Å². The number of nitriles is 1. The number of carbonyl (C=O) groups excluding carboxylic acids is 1. The first-order valence-corrected chi connectivity index (χ1v) is 12.1. The molecule has 2 aliphatic rings. The number of rotatable bonds is 8. The number of carbonyl (C=O) groups is 1. The van der Waals surface area contributed by atoms with E-state index in [1.54, 1.807) is 6.33 Å². The number of anilines is 1. The summed E-state index contributed by atoms with van der Waals surface area (Å²) in [5.41, 5.74) is 4.12. The van der Waals surface area contributed by atoms with Gasteiger partial charge in [0.1, 0.15) is 12.1 Å². The average Bonchev–Trinajstić information content (AvgIpc) is 3.25. The maximum Gasteiger partial charge on any atom is 0.230 e. The van der Waals surface area contributed by atoms with Crippen LogP contribution in [0, 0.1) is 11.3 Å². The zero-order chi connectivity index (χ0) is 23.2. The van der Waals surface area contributed by atoms with Crippen LogP contribution in [0.5, 0.6) is 0 Å². The minimum absolute atomic E-state index is 0.163. The van der Waals surface area contributed by atoms with Crippen molar-refractivity contribution >= 4 is 11.7 Å². The van der Waals surface area contributed by atoms with Crippen LogP contribution in [-0.2, 0) is 11.2 Å². The number of hydrogen-bond acceptors (Lipinski definition) is 6. The van der Waals surface area contributed by atoms with Gasteiger partial charge in [-0.3, -0.25) is 4.79 Å². The molecular formula is C26H34N6O. The topological polar surface area (TPSA) is 85.2 Å². The molecule has 2 unspecified atom stereocenters. The normalized spacial score (nSPS) is 18.6. The van der Waals surface area contributed by atoms with Gasteiger partial charge in [0.05, 0.1) is 17.6 Å². The highest BCUT2D eigenvalue weighted by atomic mass is 16.2. The van der Waals surface area contributed by atoms with E-state index in [0.29, 0.717) is 24.6 Å². The molecule has 7 heteroatoms. The summed E-state index contributed by atoms with van der Waals surface area (Å²) in [7, 11) is 1.95. The predicted octanol–water partition coefficient (Wildman–Crippen LogP) is 3.22. The molecule has 1 aliphatic carbocycles. The smallest absolute Gasteiger partial charge is 0.230 e. The molecular weight excluding hydrogens is 412 g/mol. The Morgan fingerprint density at radius 2 is 1.94 bits per heavy atom. The molecule has 174 valence electrons. The van der Waals surface area contributed by atoms with Crippen molar-refractivity contribution in [2.24, 2.45) is 0 Å². The summed E-state index contributed by atoms with van der Waals surface area (Å²) in [6.07, 6.45) is 6.71. The molecule has 1 aromatic heterocycles. The van der Waals surface area contributed by atoms with Gasteiger partial charge in [-0.1, -0.05) is 25.5 Å². The Morgan fingerprint density at radius 3 is 2.64 bits per heavy atom. The molecule has 1 aromatic carbocycles. The van der Waals surface area contributed by atoms with Gasteiger partial charge in [0.25, 0.3) is 0 Å². The molecule has 33 heavy (non-hydrogen) atoms. The summed E-state index contributed by atoms with van der Waals surface area (Å²) in [6.45, 7) is 6.21. The van der Waals surface area contributed by atoms with Crippen LogP contribution in [0.1, 0.15) is 66.8 Å². The van der Waals surface area contributed by atoms with Crippen LogP contribution in [0.2, 0.25) is 0 Å². The van der Waals surface area contributed by atoms with Gasteiger partial charge in [0, 0.05) is 37.4 Å². The van der Waals surface area contributed by atoms with Crippen molar-refractivity contribution in [3.05, 3.63) is 53.0 Å². The van der Waals surface area contributed by atoms with Gasteiger partial charge in [-0.15, -0.1) is 0 Å². The Hall–Kier alpha value is -2.98. The van der Waals surface area contributed by atoms with Crippen LogP contribution in [0.3, 0.4) is 0 Å². The second kappa shape index (κ2) is 10.8. The summed E-state index contributed by atoms with van der Waals surface area (Å²) in [6, 6.07) is 9.69. The number of fused-ring (bicyclic) bond motifs is 1. The van der Waals surface area contributed by atoms with E-state index in [0.717, 1.165) is 63.1 Å². The van der Waals surface area contributed by atoms with Crippen molar-refractivity contribution in [2.45, 2.75) is 50.9 Å². The first kappa shape index (κ1) is 23.2. The van der Waals surface area contributed by atoms with Crippen LogP contribution in [0.15, 0.2) is 30.6 Å². The average molecular weight is 447 g/mol. The second-order valence-electron chi connectivity index (χ2n) is 9.20. The first-order valence-electron chi connectivity index (χ1n) is 12.1. The molecule has 2 heterocycles. The van der Waals surface area contributed by atoms with Gasteiger partial charge in [0.2, 0.25) is 5.91 Å². The van der Waals surface area contributed by atoms with Crippen LogP contribution in [0.25, 0.3) is 0 Å². The Labute approximate surface area is 196 Å². The molecule has 7 nitrogen and oxygen atoms in total. The molecule has 1 aliphatic heterocycles. The molecule has 4 rings (SSSR count). The molecule has 1 fully saturated rings. The van der Waals surface area contributed by atoms with Crippen LogP contribution < -0.4 is 10.2 Å². The van der Waals surface area contributed by atoms with Gasteiger partial charge in [-0.2, -0.15) is 5.26 Å². The molecule has 0 radical (unpaired) electrons. The summed E-state index contributed by atoms with van der Waals surface area (Å²) < 4.78 is 0. The van der Waals surface area contributed by atoms with E-state index < -0.39 is 0 Å². The maximum absolute atomic E-state index is 13.6. The van der Waals surface area contributed by atoms with E-state index in [1.807, 2.05) is 36.2 Å². The molecule has 2 aromatic rings. The number of benzene rings is 1. The van der Waals surface area contributed by atoms with Crippen molar-refractivity contribution in [1.82, 2.24) is 20.2 Å². The molecule has 1 amide bonds. The van der Waals surface area contributed by atoms with Gasteiger partial charge >= 0.3 is 0 Å². The number of hydrogen-bond donors (Lipinski definition) is 1. The number of amides is 1. The fourth-order valence-electron chi connectivity index (χ4n) is 5.11. The zero-order valence-corrected chi connectivity index (χ0v) is 19.8. The SMILES string of the molecule is CNCCCCC(C(=O)N1CCN(c2ncnc3c2C(C)CC3)CC1)c1ccc(C#N)cc1. The Bertz CT molecular complexity index is 991. The van der Waals surface area contributed by atoms with E-state index in [1.165, 1.54) is 11.3 Å². The number of nitrogens with zero attached hydrogens (tertiary/aromatic N) is 5. The minimum atomic E-state index is -0.163. The van der Waals surface area contributed by atoms with Crippen LogP contribution in [-0.4, -0.2) is 60.5 Å². The lowest BCUT2D eigenvalue weighted by molar-refractivity contribution is -0.133. The van der Waals surface area contributed by atoms with E-state index in [4.69, 9.17) is 5.26 Å². The summed E-state index contributed by atoms with van der Waals surface area (Å²) in [4.78, 5) is 27.1. The van der Waals surface area contributed by atoms with Crippen molar-refractivity contribution in [2.75, 3.05) is 44.7 Å². The van der Waals surface area contributed by atoms with Gasteiger partial charge in [-0.25, -0.2) is 9.97 Å². The van der Waals surface area contributed by atoms with Crippen LogP contribution in [0.4, 0.5) is 5.82 Å². The first-order chi connectivity index (χ1) is 16.1. The Morgan fingerprint density at radius 1 is 1.18 bits per heavy atom. The highest BCUT2D eigenvalue weighted by Gasteiger charge is 2.31. The molecule has 0 spiro atoms. The van der Waals surface area contributed by atoms with Crippen molar-refractivity contribution in [3.63, 3.8) is 0 Å². The Kier molecular flexibility index (Phi) is 7.56. The molecule has 1 N–H and O–H groups in total. The van der Waals surface area contributed by atoms with E-state index in [9.17, 15) is 4.79 Å². The third kappa shape index (κ3) is 5.17. The van der Waals surface area contributed by atoms with Crippen molar-refractivity contribution in [1.29, 1.82) is 5.26 Å². The minimum Gasteiger partial charge on any atom is -0.353 e. The molecule has 0 saturated carbocycles. The highest BCUT2D eigenvalue weighted by Crippen LogP contribution is 2.37. The summed E-state index contributed by atoms with van der Waals surface area (Å²) in [5, 5.41) is 12.3. The van der Waals surface area contributed by atoms with Gasteiger partial charge < -0.3 is 15.1 Å². The molecule has 2 atom stereocenters. The van der Waals surface area contributed by atoms with Crippen molar-refractivity contribution < 1.29 is 4.79 Å². The lowest BCUT2D eigenvalue weighted by atomic mass is 9.91. The number of nitrogens with one attached hydrogen (secondary N) is 1. The summed E-state index contributed by atoms with van der Waals surface area (Å²) >= 11 is 0. The fourth-order valence-corrected chi connectivity index (χ4v) is 5.11. The van der Waals surface area contributed by atoms with Gasteiger partial charge in [0.15, 0.2) is 0 Å². The maximum atomic E-state index is 13.6. The Balaban J connectivity index is 1.44. The van der Waals surface area contributed by atoms with Crippen molar-refractivity contribution in [3.8, 4) is 6.07 Å². The highest BCUT2D eigenvalue weighted by molar-refractivity contribution is 5.84. The number of unbranched alkanes of at least 4 members (excludes halogenated alkanes) is 1. The number of piperazine rings is 1. The van der Waals surface area contributed by atoms with Gasteiger partial charge in [-0.05, 0) is 62.9 Å². The zero-order valence-electron chi connectivity index (χ0n) is 19.8. The quantitative estimate of drug-likeness (QED) is 0.627. The number of aryl methyl sites for hydroxylation is 1. The lowest BCUT2D eigenvalue weighted by Crippen LogP contribution is -2.50. The fraction of sp³-hybridized carbons (Fsp3) is 0.538. The molecule has 1 saturated heterocycles. The standard InChI is InChI=1S/C26H34N6O/c1-19-6-11-23-24(19)25(30-18-29-23)31-13-15-32(16-14-31)26(33)22(5-3-4-12-28-2)21-9-7-20(17-27)8-10-21/h7-10,18-19,22,28H,3-6,11-16H2,1-2H3. The second-order valence-corrected chi connectivity index (χ2v) is 9.20. The van der Waals surface area contributed by atoms with Crippen LogP contribution >= 0.6 is 0 Å². The van der Waals surface area contributed by atoms with E-state index in [2.05, 4.69) is 33.2 Å². The summed E-state index contributed by atoms with van der Waals surface area (Å²) in [5.74, 6) is 1.59.